The summed E-state index contributed by atoms with van der Waals surface area (Å²) in [6.45, 7) is 4.00. The summed E-state index contributed by atoms with van der Waals surface area (Å²) >= 11 is 0. The molecule has 2 aromatic rings. The van der Waals surface area contributed by atoms with E-state index in [-0.39, 0.29) is 42.6 Å². The number of aromatic hydroxyl groups is 1. The summed E-state index contributed by atoms with van der Waals surface area (Å²) in [5.41, 5.74) is 10.0. The molecule has 3 N–H and O–H groups in total. The molecule has 3 rings (SSSR count). The Morgan fingerprint density at radius 2 is 1.52 bits per heavy atom. The zero-order chi connectivity index (χ0) is 17.4. The summed E-state index contributed by atoms with van der Waals surface area (Å²) in [5, 5.41) is 9.62. The first-order chi connectivity index (χ1) is 11.4. The minimum atomic E-state index is -0.367. The molecule has 0 aromatic heterocycles. The number of nitrogens with two attached hydrogens (primary N) is 1. The standard InChI is InChI=1S/C19H20N2O3.ClH/c1-11-7-14(22)8-12(2)17(11)9-13(20)10-21-18(23)15-5-3-4-6-16(15)19(21)24;/h3-8,13,22H,9-10,20H2,1-2H3;1H. The fourth-order valence-corrected chi connectivity index (χ4v) is 3.26. The molecule has 0 saturated carbocycles. The largest absolute Gasteiger partial charge is 0.508 e. The van der Waals surface area contributed by atoms with Crippen molar-refractivity contribution in [3.8, 4) is 5.75 Å². The van der Waals surface area contributed by atoms with Gasteiger partial charge >= 0.3 is 0 Å². The number of carbonyl (C=O) groups excluding carboxylic acids is 2. The lowest BCUT2D eigenvalue weighted by atomic mass is 9.96. The van der Waals surface area contributed by atoms with Crippen molar-refractivity contribution >= 4 is 24.2 Å². The van der Waals surface area contributed by atoms with Crippen molar-refractivity contribution in [2.45, 2.75) is 26.3 Å². The van der Waals surface area contributed by atoms with E-state index in [2.05, 4.69) is 0 Å². The predicted molar refractivity (Wildman–Crippen MR) is 98.3 cm³/mol. The van der Waals surface area contributed by atoms with Crippen LogP contribution in [-0.4, -0.2) is 34.4 Å². The molecule has 2 aromatic carbocycles. The van der Waals surface area contributed by atoms with Gasteiger partial charge in [-0.25, -0.2) is 0 Å². The molecule has 0 aliphatic carbocycles. The number of benzene rings is 2. The van der Waals surface area contributed by atoms with E-state index in [0.717, 1.165) is 16.7 Å². The number of halogens is 1. The molecule has 1 aliphatic rings. The molecule has 1 aliphatic heterocycles. The highest BCUT2D eigenvalue weighted by Gasteiger charge is 2.35. The Balaban J connectivity index is 0.00000225. The van der Waals surface area contributed by atoms with Gasteiger partial charge in [0.1, 0.15) is 5.75 Å². The van der Waals surface area contributed by atoms with Gasteiger partial charge in [0.2, 0.25) is 0 Å². The van der Waals surface area contributed by atoms with Crippen molar-refractivity contribution in [2.75, 3.05) is 6.54 Å². The van der Waals surface area contributed by atoms with Crippen molar-refractivity contribution in [1.82, 2.24) is 4.90 Å². The molecule has 132 valence electrons. The van der Waals surface area contributed by atoms with E-state index < -0.39 is 0 Å². The number of carbonyl (C=O) groups is 2. The van der Waals surface area contributed by atoms with E-state index in [1.165, 1.54) is 4.90 Å². The number of rotatable bonds is 4. The number of hydrogen-bond acceptors (Lipinski definition) is 4. The Labute approximate surface area is 152 Å². The SMILES string of the molecule is Cc1cc(O)cc(C)c1CC(N)CN1C(=O)c2ccccc2C1=O.Cl. The Morgan fingerprint density at radius 1 is 1.04 bits per heavy atom. The minimum absolute atomic E-state index is 0. The van der Waals surface area contributed by atoms with E-state index in [1.807, 2.05) is 13.8 Å². The van der Waals surface area contributed by atoms with E-state index in [1.54, 1.807) is 36.4 Å². The number of phenolic OH excluding ortho intramolecular Hbond substituents is 1. The maximum Gasteiger partial charge on any atom is 0.261 e. The normalized spacial score (nSPS) is 14.3. The molecule has 1 heterocycles. The van der Waals surface area contributed by atoms with Crippen LogP contribution in [-0.2, 0) is 6.42 Å². The van der Waals surface area contributed by atoms with Gasteiger partial charge in [0, 0.05) is 12.6 Å². The lowest BCUT2D eigenvalue weighted by Crippen LogP contribution is -2.42. The van der Waals surface area contributed by atoms with Gasteiger partial charge in [-0.05, 0) is 61.2 Å². The lowest BCUT2D eigenvalue weighted by molar-refractivity contribution is 0.0644. The van der Waals surface area contributed by atoms with Crippen LogP contribution in [0.3, 0.4) is 0 Å². The van der Waals surface area contributed by atoms with Crippen LogP contribution in [0.1, 0.15) is 37.4 Å². The fourth-order valence-electron chi connectivity index (χ4n) is 3.26. The number of nitrogens with zero attached hydrogens (tertiary/aromatic N) is 1. The molecular weight excluding hydrogens is 340 g/mol. The number of phenols is 1. The second-order valence-electron chi connectivity index (χ2n) is 6.29. The van der Waals surface area contributed by atoms with E-state index in [0.29, 0.717) is 17.5 Å². The monoisotopic (exact) mass is 360 g/mol. The van der Waals surface area contributed by atoms with Crippen molar-refractivity contribution in [2.24, 2.45) is 5.73 Å². The summed E-state index contributed by atoms with van der Waals surface area (Å²) in [7, 11) is 0. The maximum absolute atomic E-state index is 12.4. The van der Waals surface area contributed by atoms with Gasteiger partial charge < -0.3 is 10.8 Å². The van der Waals surface area contributed by atoms with Gasteiger partial charge in [-0.15, -0.1) is 12.4 Å². The van der Waals surface area contributed by atoms with Crippen LogP contribution in [0.2, 0.25) is 0 Å². The first kappa shape index (κ1) is 19.0. The quantitative estimate of drug-likeness (QED) is 0.821. The Hall–Kier alpha value is -2.37. The van der Waals surface area contributed by atoms with E-state index >= 15 is 0 Å². The lowest BCUT2D eigenvalue weighted by Gasteiger charge is -2.21. The van der Waals surface area contributed by atoms with Crippen LogP contribution in [0.5, 0.6) is 5.75 Å². The summed E-state index contributed by atoms with van der Waals surface area (Å²) in [4.78, 5) is 26.0. The first-order valence-corrected chi connectivity index (χ1v) is 7.88. The smallest absolute Gasteiger partial charge is 0.261 e. The number of imide groups is 1. The van der Waals surface area contributed by atoms with Gasteiger partial charge in [-0.1, -0.05) is 12.1 Å². The molecule has 5 nitrogen and oxygen atoms in total. The van der Waals surface area contributed by atoms with Crippen LogP contribution in [0.25, 0.3) is 0 Å². The summed E-state index contributed by atoms with van der Waals surface area (Å²) in [5.74, 6) is -0.349. The highest BCUT2D eigenvalue weighted by Crippen LogP contribution is 2.24. The zero-order valence-electron chi connectivity index (χ0n) is 14.2. The first-order valence-electron chi connectivity index (χ1n) is 7.88. The maximum atomic E-state index is 12.4. The average molecular weight is 361 g/mol. The van der Waals surface area contributed by atoms with E-state index in [9.17, 15) is 14.7 Å². The summed E-state index contributed by atoms with van der Waals surface area (Å²) in [6, 6.07) is 9.83. The second-order valence-corrected chi connectivity index (χ2v) is 6.29. The molecule has 0 spiro atoms. The number of fused-ring (bicyclic) bond motifs is 1. The van der Waals surface area contributed by atoms with Gasteiger partial charge in [0.25, 0.3) is 11.8 Å². The molecule has 1 unspecified atom stereocenters. The third-order valence-electron chi connectivity index (χ3n) is 4.44. The molecule has 2 amide bonds. The average Bonchev–Trinajstić information content (AvgIpc) is 2.76. The molecule has 25 heavy (non-hydrogen) atoms. The Kier molecular flexibility index (Phi) is 5.50. The van der Waals surface area contributed by atoms with Gasteiger partial charge in [0.05, 0.1) is 11.1 Å². The molecule has 0 radical (unpaired) electrons. The Bertz CT molecular complexity index is 777. The van der Waals surface area contributed by atoms with Crippen LogP contribution >= 0.6 is 12.4 Å². The number of hydrogen-bond donors (Lipinski definition) is 2. The molecule has 0 saturated heterocycles. The third kappa shape index (κ3) is 3.52. The van der Waals surface area contributed by atoms with Crippen LogP contribution in [0, 0.1) is 13.8 Å². The molecule has 6 heteroatoms. The predicted octanol–water partition coefficient (Wildman–Crippen LogP) is 2.60. The zero-order valence-corrected chi connectivity index (χ0v) is 15.0. The molecule has 1 atom stereocenters. The highest BCUT2D eigenvalue weighted by atomic mass is 35.5. The van der Waals surface area contributed by atoms with Gasteiger partial charge in [-0.2, -0.15) is 0 Å². The number of amides is 2. The highest BCUT2D eigenvalue weighted by molar-refractivity contribution is 6.21. The van der Waals surface area contributed by atoms with Gasteiger partial charge in [0.15, 0.2) is 0 Å². The second kappa shape index (κ2) is 7.25. The number of aryl methyl sites for hydroxylation is 2. The molecule has 0 fully saturated rings. The van der Waals surface area contributed by atoms with Crippen LogP contribution in [0.15, 0.2) is 36.4 Å². The molecule has 0 bridgehead atoms. The Morgan fingerprint density at radius 3 is 2.00 bits per heavy atom. The summed E-state index contributed by atoms with van der Waals surface area (Å²) in [6.07, 6.45) is 0.533. The van der Waals surface area contributed by atoms with Crippen molar-refractivity contribution in [3.05, 3.63) is 64.2 Å². The summed E-state index contributed by atoms with van der Waals surface area (Å²) < 4.78 is 0. The fraction of sp³-hybridized carbons (Fsp3) is 0.263. The van der Waals surface area contributed by atoms with Crippen LogP contribution in [0.4, 0.5) is 0 Å². The molecular formula is C19H21ClN2O3. The van der Waals surface area contributed by atoms with E-state index in [4.69, 9.17) is 5.73 Å². The third-order valence-corrected chi connectivity index (χ3v) is 4.44. The van der Waals surface area contributed by atoms with Crippen LogP contribution < -0.4 is 5.73 Å². The topological polar surface area (TPSA) is 83.6 Å². The van der Waals surface area contributed by atoms with Crippen molar-refractivity contribution in [3.63, 3.8) is 0 Å². The van der Waals surface area contributed by atoms with Crippen molar-refractivity contribution < 1.29 is 14.7 Å². The minimum Gasteiger partial charge on any atom is -0.508 e. The van der Waals surface area contributed by atoms with Gasteiger partial charge in [-0.3, -0.25) is 14.5 Å². The van der Waals surface area contributed by atoms with Crippen molar-refractivity contribution in [1.29, 1.82) is 0 Å².